The molecule has 0 fully saturated rings. The quantitative estimate of drug-likeness (QED) is 0.797. The Morgan fingerprint density at radius 3 is 2.94 bits per heavy atom. The molecule has 1 aromatic heterocycles. The fourth-order valence-corrected chi connectivity index (χ4v) is 1.61. The zero-order chi connectivity index (χ0) is 11.7. The van der Waals surface area contributed by atoms with E-state index in [1.807, 2.05) is 0 Å². The van der Waals surface area contributed by atoms with Crippen molar-refractivity contribution in [1.82, 2.24) is 0 Å². The molecule has 0 N–H and O–H groups in total. The summed E-state index contributed by atoms with van der Waals surface area (Å²) in [5, 5.41) is -0.308. The van der Waals surface area contributed by atoms with Crippen LogP contribution < -0.4 is 10.2 Å². The Kier molecular flexibility index (Phi) is 2.96. The lowest BCUT2D eigenvalue weighted by atomic mass is 10.2. The Hall–Kier alpha value is -1.36. The molecule has 84 valence electrons. The van der Waals surface area contributed by atoms with Crippen LogP contribution in [-0.4, -0.2) is 5.01 Å². The van der Waals surface area contributed by atoms with Gasteiger partial charge in [0.1, 0.15) is 22.5 Å². The molecule has 0 amide bonds. The average molecular weight is 287 g/mol. The van der Waals surface area contributed by atoms with E-state index >= 15 is 0 Å². The zero-order valence-electron chi connectivity index (χ0n) is 8.37. The van der Waals surface area contributed by atoms with Crippen molar-refractivity contribution in [3.8, 4) is 5.75 Å². The van der Waals surface area contributed by atoms with Crippen LogP contribution in [0.3, 0.4) is 0 Å². The van der Waals surface area contributed by atoms with Crippen molar-refractivity contribution in [2.75, 3.05) is 0 Å². The number of alkyl halides is 1. The molecule has 0 spiro atoms. The molecule has 0 aliphatic heterocycles. The molecule has 1 unspecified atom stereocenters. The molecule has 1 aromatic carbocycles. The predicted octanol–water partition coefficient (Wildman–Crippen LogP) is 3.05. The van der Waals surface area contributed by atoms with Gasteiger partial charge in [-0.1, -0.05) is 0 Å². The van der Waals surface area contributed by atoms with Crippen LogP contribution in [0.4, 0.5) is 4.39 Å². The first kappa shape index (κ1) is 11.1. The monoisotopic (exact) mass is 286 g/mol. The van der Waals surface area contributed by atoms with Crippen molar-refractivity contribution in [3.05, 3.63) is 40.5 Å². The molecule has 0 saturated carbocycles. The molecule has 0 radical (unpaired) electrons. The molecule has 2 rings (SSSR count). The molecule has 16 heavy (non-hydrogen) atoms. The van der Waals surface area contributed by atoms with Crippen LogP contribution in [0.5, 0.6) is 5.75 Å². The maximum Gasteiger partial charge on any atom is 0.195 e. The fraction of sp³-hybridized carbons (Fsp3) is 0.182. The minimum Gasteiger partial charge on any atom is -0.479 e. The molecule has 0 aliphatic carbocycles. The van der Waals surface area contributed by atoms with Crippen molar-refractivity contribution in [1.29, 1.82) is 0 Å². The van der Waals surface area contributed by atoms with Crippen molar-refractivity contribution >= 4 is 26.9 Å². The van der Waals surface area contributed by atoms with E-state index in [0.717, 1.165) is 6.07 Å². The van der Waals surface area contributed by atoms with E-state index in [-0.39, 0.29) is 16.0 Å². The molecule has 0 bridgehead atoms. The molecule has 1 heterocycles. The van der Waals surface area contributed by atoms with Crippen LogP contribution in [0.25, 0.3) is 11.0 Å². The Balaban J connectivity index is 2.64. The summed E-state index contributed by atoms with van der Waals surface area (Å²) in [5.74, 6) is -0.335. The third-order valence-electron chi connectivity index (χ3n) is 1.99. The third kappa shape index (κ3) is 2.09. The number of hydrogen-bond donors (Lipinski definition) is 0. The number of fused-ring (bicyclic) bond motifs is 1. The van der Waals surface area contributed by atoms with Crippen LogP contribution in [0, 0.1) is 5.82 Å². The Morgan fingerprint density at radius 2 is 2.25 bits per heavy atom. The second-order valence-electron chi connectivity index (χ2n) is 3.22. The number of hydrogen-bond acceptors (Lipinski definition) is 3. The summed E-state index contributed by atoms with van der Waals surface area (Å²) in [4.78, 5) is 11.4. The number of rotatable bonds is 2. The normalized spacial score (nSPS) is 12.7. The smallest absolute Gasteiger partial charge is 0.195 e. The highest BCUT2D eigenvalue weighted by molar-refractivity contribution is 9.09. The van der Waals surface area contributed by atoms with E-state index in [1.54, 1.807) is 6.92 Å². The van der Waals surface area contributed by atoms with Crippen molar-refractivity contribution in [3.63, 3.8) is 0 Å². The molecule has 3 nitrogen and oxygen atoms in total. The second kappa shape index (κ2) is 4.25. The molecule has 5 heteroatoms. The largest absolute Gasteiger partial charge is 0.479 e. The SMILES string of the molecule is CC(Br)Oc1cc(F)c2c(=O)ccoc2c1. The van der Waals surface area contributed by atoms with Crippen molar-refractivity contribution in [2.24, 2.45) is 0 Å². The first-order valence-electron chi connectivity index (χ1n) is 4.60. The summed E-state index contributed by atoms with van der Waals surface area (Å²) in [7, 11) is 0. The highest BCUT2D eigenvalue weighted by Crippen LogP contribution is 2.23. The van der Waals surface area contributed by atoms with Gasteiger partial charge in [-0.25, -0.2) is 4.39 Å². The van der Waals surface area contributed by atoms with E-state index in [1.165, 1.54) is 18.4 Å². The van der Waals surface area contributed by atoms with E-state index in [0.29, 0.717) is 5.75 Å². The van der Waals surface area contributed by atoms with E-state index in [2.05, 4.69) is 15.9 Å². The third-order valence-corrected chi connectivity index (χ3v) is 2.17. The summed E-state index contributed by atoms with van der Waals surface area (Å²) in [5.41, 5.74) is -0.229. The molecule has 1 atom stereocenters. The lowest BCUT2D eigenvalue weighted by molar-refractivity contribution is 0.312. The number of halogens is 2. The van der Waals surface area contributed by atoms with E-state index < -0.39 is 11.2 Å². The van der Waals surface area contributed by atoms with Gasteiger partial charge in [0, 0.05) is 18.2 Å². The highest BCUT2D eigenvalue weighted by atomic mass is 79.9. The second-order valence-corrected chi connectivity index (χ2v) is 4.51. The van der Waals surface area contributed by atoms with Gasteiger partial charge in [-0.15, -0.1) is 0 Å². The van der Waals surface area contributed by atoms with E-state index in [9.17, 15) is 9.18 Å². The van der Waals surface area contributed by atoms with Gasteiger partial charge in [0.25, 0.3) is 0 Å². The van der Waals surface area contributed by atoms with Crippen LogP contribution in [0.1, 0.15) is 6.92 Å². The number of benzene rings is 1. The Bertz CT molecular complexity index is 577. The molecule has 0 aliphatic rings. The summed E-state index contributed by atoms with van der Waals surface area (Å²) in [6, 6.07) is 3.83. The van der Waals surface area contributed by atoms with Crippen LogP contribution in [-0.2, 0) is 0 Å². The Labute approximate surface area is 99.0 Å². The van der Waals surface area contributed by atoms with Gasteiger partial charge in [0.05, 0.1) is 6.26 Å². The first-order chi connectivity index (χ1) is 7.58. The van der Waals surface area contributed by atoms with Gasteiger partial charge in [-0.3, -0.25) is 4.79 Å². The lowest BCUT2D eigenvalue weighted by Gasteiger charge is -2.08. The zero-order valence-corrected chi connectivity index (χ0v) is 9.95. The average Bonchev–Trinajstić information content (AvgIpc) is 2.15. The van der Waals surface area contributed by atoms with Gasteiger partial charge in [-0.05, 0) is 22.9 Å². The Morgan fingerprint density at radius 1 is 1.50 bits per heavy atom. The van der Waals surface area contributed by atoms with Crippen LogP contribution in [0.15, 0.2) is 33.7 Å². The first-order valence-corrected chi connectivity index (χ1v) is 5.51. The van der Waals surface area contributed by atoms with Crippen LogP contribution >= 0.6 is 15.9 Å². The van der Waals surface area contributed by atoms with Gasteiger partial charge in [0.2, 0.25) is 0 Å². The topological polar surface area (TPSA) is 39.4 Å². The fourth-order valence-electron chi connectivity index (χ4n) is 1.40. The minimum atomic E-state index is -0.644. The summed E-state index contributed by atoms with van der Waals surface area (Å²) in [6.45, 7) is 1.75. The molecule has 0 saturated heterocycles. The minimum absolute atomic E-state index is 0.0583. The molecule has 2 aromatic rings. The highest BCUT2D eigenvalue weighted by Gasteiger charge is 2.10. The number of ether oxygens (including phenoxy) is 1. The van der Waals surface area contributed by atoms with Gasteiger partial charge in [-0.2, -0.15) is 0 Å². The van der Waals surface area contributed by atoms with E-state index in [4.69, 9.17) is 9.15 Å². The van der Waals surface area contributed by atoms with Crippen LogP contribution in [0.2, 0.25) is 0 Å². The van der Waals surface area contributed by atoms with Crippen molar-refractivity contribution in [2.45, 2.75) is 11.9 Å². The molecular weight excluding hydrogens is 279 g/mol. The van der Waals surface area contributed by atoms with Gasteiger partial charge < -0.3 is 9.15 Å². The molecular formula is C11H8BrFO3. The predicted molar refractivity (Wildman–Crippen MR) is 61.5 cm³/mol. The maximum atomic E-state index is 13.6. The van der Waals surface area contributed by atoms with Gasteiger partial charge >= 0.3 is 0 Å². The summed E-state index contributed by atoms with van der Waals surface area (Å²) in [6.07, 6.45) is 1.23. The maximum absolute atomic E-state index is 13.6. The summed E-state index contributed by atoms with van der Waals surface area (Å²) < 4.78 is 23.9. The summed E-state index contributed by atoms with van der Waals surface area (Å²) >= 11 is 3.18. The lowest BCUT2D eigenvalue weighted by Crippen LogP contribution is -2.04. The van der Waals surface area contributed by atoms with Crippen molar-refractivity contribution < 1.29 is 13.5 Å². The standard InChI is InChI=1S/C11H8BrFO3/c1-6(12)16-7-4-8(13)11-9(14)2-3-15-10(11)5-7/h2-6H,1H3. The van der Waals surface area contributed by atoms with Gasteiger partial charge in [0.15, 0.2) is 10.4 Å².